The normalized spacial score (nSPS) is 14.8. The van der Waals surface area contributed by atoms with Crippen molar-refractivity contribution in [3.63, 3.8) is 0 Å². The molecular weight excluding hydrogens is 397 g/mol. The minimum absolute atomic E-state index is 0.0266. The molecule has 2 atom stereocenters. The summed E-state index contributed by atoms with van der Waals surface area (Å²) < 4.78 is 58.4. The van der Waals surface area contributed by atoms with Gasteiger partial charge in [0.05, 0.1) is 9.79 Å². The van der Waals surface area contributed by atoms with Gasteiger partial charge in [0.2, 0.25) is 5.50 Å². The lowest BCUT2D eigenvalue weighted by Crippen LogP contribution is -2.13. The van der Waals surface area contributed by atoms with E-state index in [-0.39, 0.29) is 15.4 Å². The molecular formula is C21H20FNO3S2. The number of sulfonamides is 1. The fourth-order valence-electron chi connectivity index (χ4n) is 2.62. The zero-order valence-corrected chi connectivity index (χ0v) is 17.1. The summed E-state index contributed by atoms with van der Waals surface area (Å²) in [5.41, 5.74) is -0.213. The Kier molecular flexibility index (Phi) is 5.67. The molecule has 0 radical (unpaired) electrons. The number of hydrogen-bond acceptors (Lipinski definition) is 3. The first kappa shape index (κ1) is 20.2. The number of hydrogen-bond donors (Lipinski definition) is 0. The second kappa shape index (κ2) is 7.85. The van der Waals surface area contributed by atoms with Gasteiger partial charge in [0.1, 0.15) is 9.73 Å². The van der Waals surface area contributed by atoms with Crippen molar-refractivity contribution in [2.75, 3.05) is 0 Å². The van der Waals surface area contributed by atoms with Crippen LogP contribution in [0.4, 0.5) is 4.39 Å². The summed E-state index contributed by atoms with van der Waals surface area (Å²) in [6.45, 7) is 3.66. The van der Waals surface area contributed by atoms with Gasteiger partial charge in [-0.25, -0.2) is 8.60 Å². The van der Waals surface area contributed by atoms with Crippen LogP contribution >= 0.6 is 0 Å². The van der Waals surface area contributed by atoms with Gasteiger partial charge in [-0.3, -0.25) is 0 Å². The van der Waals surface area contributed by atoms with Crippen LogP contribution in [-0.2, 0) is 19.8 Å². The summed E-state index contributed by atoms with van der Waals surface area (Å²) in [4.78, 5) is -0.100. The highest BCUT2D eigenvalue weighted by atomic mass is 32.3. The predicted molar refractivity (Wildman–Crippen MR) is 109 cm³/mol. The molecule has 28 heavy (non-hydrogen) atoms. The van der Waals surface area contributed by atoms with Crippen molar-refractivity contribution in [3.8, 4) is 0 Å². The van der Waals surface area contributed by atoms with Gasteiger partial charge in [0, 0.05) is 5.56 Å². The lowest BCUT2D eigenvalue weighted by atomic mass is 10.2. The Morgan fingerprint density at radius 3 is 1.75 bits per heavy atom. The molecule has 0 bridgehead atoms. The van der Waals surface area contributed by atoms with Gasteiger partial charge >= 0.3 is 0 Å². The molecule has 0 fully saturated rings. The molecule has 2 unspecified atom stereocenters. The topological polar surface area (TPSA) is 63.6 Å². The van der Waals surface area contributed by atoms with Crippen LogP contribution in [0.2, 0.25) is 0 Å². The van der Waals surface area contributed by atoms with E-state index in [4.69, 9.17) is 0 Å². The summed E-state index contributed by atoms with van der Waals surface area (Å²) >= 11 is 0. The standard InChI is InChI=1S/C21H20FNO3S2/c1-16-8-12-18(13-9-16)21(22)27(24,19-6-4-3-5-7-19)23-28(25,26)20-14-10-17(2)11-15-20/h3-15,21H,1-2H3. The molecule has 0 aromatic heterocycles. The number of halogens is 1. The summed E-state index contributed by atoms with van der Waals surface area (Å²) in [5, 5.41) is 0. The van der Waals surface area contributed by atoms with E-state index in [9.17, 15) is 12.6 Å². The number of nitrogens with zero attached hydrogens (tertiary/aromatic N) is 1. The maximum atomic E-state index is 15.5. The first-order valence-electron chi connectivity index (χ1n) is 8.57. The molecule has 146 valence electrons. The van der Waals surface area contributed by atoms with Crippen molar-refractivity contribution < 1.29 is 17.0 Å². The molecule has 3 aromatic rings. The zero-order chi connectivity index (χ0) is 20.4. The van der Waals surface area contributed by atoms with Crippen LogP contribution in [0.3, 0.4) is 0 Å². The van der Waals surface area contributed by atoms with Gasteiger partial charge in [-0.15, -0.1) is 0 Å². The lowest BCUT2D eigenvalue weighted by molar-refractivity contribution is 0.450. The third-order valence-corrected chi connectivity index (χ3v) is 8.55. The Morgan fingerprint density at radius 1 is 0.714 bits per heavy atom. The Labute approximate surface area is 165 Å². The number of aryl methyl sites for hydroxylation is 2. The molecule has 4 nitrogen and oxygen atoms in total. The second-order valence-corrected chi connectivity index (χ2v) is 10.5. The molecule has 0 saturated heterocycles. The van der Waals surface area contributed by atoms with Crippen molar-refractivity contribution in [2.45, 2.75) is 29.1 Å². The highest BCUT2D eigenvalue weighted by Gasteiger charge is 2.30. The molecule has 0 aliphatic carbocycles. The largest absolute Gasteiger partial charge is 0.290 e. The van der Waals surface area contributed by atoms with Crippen LogP contribution in [-0.4, -0.2) is 12.6 Å². The molecule has 0 N–H and O–H groups in total. The first-order chi connectivity index (χ1) is 13.2. The van der Waals surface area contributed by atoms with E-state index in [0.717, 1.165) is 11.1 Å². The van der Waals surface area contributed by atoms with Gasteiger partial charge in [-0.1, -0.05) is 69.5 Å². The van der Waals surface area contributed by atoms with Crippen LogP contribution in [0.5, 0.6) is 0 Å². The Bertz CT molecular complexity index is 1180. The lowest BCUT2D eigenvalue weighted by Gasteiger charge is -2.16. The van der Waals surface area contributed by atoms with Crippen molar-refractivity contribution in [1.82, 2.24) is 0 Å². The fourth-order valence-corrected chi connectivity index (χ4v) is 6.57. The molecule has 3 aromatic carbocycles. The van der Waals surface area contributed by atoms with E-state index in [1.165, 1.54) is 36.4 Å². The fraction of sp³-hybridized carbons (Fsp3) is 0.143. The monoisotopic (exact) mass is 417 g/mol. The minimum Gasteiger partial charge on any atom is -0.240 e. The minimum atomic E-state index is -4.33. The van der Waals surface area contributed by atoms with E-state index >= 15 is 4.39 Å². The summed E-state index contributed by atoms with van der Waals surface area (Å²) in [7, 11) is -8.29. The predicted octanol–water partition coefficient (Wildman–Crippen LogP) is 5.19. The smallest absolute Gasteiger partial charge is 0.240 e. The van der Waals surface area contributed by atoms with E-state index in [0.29, 0.717) is 0 Å². The van der Waals surface area contributed by atoms with Gasteiger partial charge in [0.15, 0.2) is 0 Å². The molecule has 0 spiro atoms. The van der Waals surface area contributed by atoms with E-state index in [2.05, 4.69) is 3.77 Å². The van der Waals surface area contributed by atoms with Crippen molar-refractivity contribution in [1.29, 1.82) is 0 Å². The molecule has 0 amide bonds. The molecule has 0 saturated carbocycles. The van der Waals surface area contributed by atoms with Crippen LogP contribution in [0.1, 0.15) is 22.2 Å². The van der Waals surface area contributed by atoms with Crippen LogP contribution < -0.4 is 0 Å². The van der Waals surface area contributed by atoms with Gasteiger partial charge < -0.3 is 0 Å². The van der Waals surface area contributed by atoms with Crippen molar-refractivity contribution in [2.24, 2.45) is 3.77 Å². The van der Waals surface area contributed by atoms with Crippen molar-refractivity contribution in [3.05, 3.63) is 95.6 Å². The maximum Gasteiger partial charge on any atom is 0.290 e. The number of rotatable bonds is 5. The highest BCUT2D eigenvalue weighted by Crippen LogP contribution is 2.34. The highest BCUT2D eigenvalue weighted by molar-refractivity contribution is 8.03. The van der Waals surface area contributed by atoms with E-state index in [1.807, 2.05) is 13.8 Å². The van der Waals surface area contributed by atoms with Crippen LogP contribution in [0, 0.1) is 13.8 Å². The van der Waals surface area contributed by atoms with E-state index < -0.39 is 25.3 Å². The Balaban J connectivity index is 2.22. The molecule has 0 aliphatic heterocycles. The SMILES string of the molecule is Cc1ccc(C(F)S(=O)(=NS(=O)(=O)c2ccc(C)cc2)c2ccccc2)cc1. The van der Waals surface area contributed by atoms with Crippen molar-refractivity contribution >= 4 is 19.8 Å². The second-order valence-electron chi connectivity index (χ2n) is 6.47. The van der Waals surface area contributed by atoms with Gasteiger partial charge in [0.25, 0.3) is 10.0 Å². The third kappa shape index (κ3) is 4.15. The number of alkyl halides is 1. The summed E-state index contributed by atoms with van der Waals surface area (Å²) in [5.74, 6) is 0. The molecule has 0 heterocycles. The van der Waals surface area contributed by atoms with Crippen LogP contribution in [0.15, 0.2) is 92.4 Å². The first-order valence-corrected chi connectivity index (χ1v) is 11.6. The molecule has 3 rings (SSSR count). The Hall–Kier alpha value is -2.51. The zero-order valence-electron chi connectivity index (χ0n) is 15.4. The van der Waals surface area contributed by atoms with Gasteiger partial charge in [-0.05, 0) is 38.1 Å². The quantitative estimate of drug-likeness (QED) is 0.574. The Morgan fingerprint density at radius 2 is 1.21 bits per heavy atom. The third-order valence-electron chi connectivity index (χ3n) is 4.23. The average molecular weight is 418 g/mol. The average Bonchev–Trinajstić information content (AvgIpc) is 2.68. The van der Waals surface area contributed by atoms with E-state index in [1.54, 1.807) is 42.5 Å². The molecule has 7 heteroatoms. The maximum absolute atomic E-state index is 15.5. The summed E-state index contributed by atoms with van der Waals surface area (Å²) in [6, 6.07) is 20.0. The van der Waals surface area contributed by atoms with Gasteiger partial charge in [-0.2, -0.15) is 8.42 Å². The summed E-state index contributed by atoms with van der Waals surface area (Å²) in [6.07, 6.45) is 0. The number of benzene rings is 3. The van der Waals surface area contributed by atoms with Crippen LogP contribution in [0.25, 0.3) is 0 Å². The molecule has 0 aliphatic rings.